The predicted octanol–water partition coefficient (Wildman–Crippen LogP) is 8.96. The number of rotatable bonds is 11. The van der Waals surface area contributed by atoms with Crippen LogP contribution in [-0.4, -0.2) is 64.5 Å². The quantitative estimate of drug-likeness (QED) is 0.100. The molecule has 5 aliphatic carbocycles. The normalized spacial score (nSPS) is 37.4. The number of benzene rings is 1. The summed E-state index contributed by atoms with van der Waals surface area (Å²) in [6.07, 6.45) is 13.1. The van der Waals surface area contributed by atoms with E-state index in [0.717, 1.165) is 50.3 Å². The second-order valence-electron chi connectivity index (χ2n) is 19.8. The van der Waals surface area contributed by atoms with E-state index in [1.807, 2.05) is 13.0 Å². The van der Waals surface area contributed by atoms with Crippen LogP contribution in [0.1, 0.15) is 125 Å². The van der Waals surface area contributed by atoms with Gasteiger partial charge in [-0.15, -0.1) is 0 Å². The van der Waals surface area contributed by atoms with Crippen molar-refractivity contribution in [3.63, 3.8) is 0 Å². The third-order valence-electron chi connectivity index (χ3n) is 16.3. The molecule has 0 spiro atoms. The Balaban J connectivity index is 1.26. The van der Waals surface area contributed by atoms with Gasteiger partial charge in [0.1, 0.15) is 0 Å². The van der Waals surface area contributed by atoms with Gasteiger partial charge in [-0.1, -0.05) is 25.5 Å². The number of carbonyl (C=O) groups excluding carboxylic acids is 4. The van der Waals surface area contributed by atoms with Crippen LogP contribution in [0.15, 0.2) is 35.9 Å². The molecule has 0 aromatic heterocycles. The number of ketones is 1. The summed E-state index contributed by atoms with van der Waals surface area (Å²) in [6, 6.07) is 4.65. The molecule has 0 heterocycles. The number of fused-ring (bicyclic) bond motifs is 7. The summed E-state index contributed by atoms with van der Waals surface area (Å²) in [7, 11) is 1.54. The molecule has 9 nitrogen and oxygen atoms in total. The van der Waals surface area contributed by atoms with Crippen LogP contribution in [0, 0.1) is 50.2 Å². The van der Waals surface area contributed by atoms with Crippen molar-refractivity contribution in [3.8, 4) is 11.5 Å². The Labute approximate surface area is 347 Å². The van der Waals surface area contributed by atoms with E-state index in [0.29, 0.717) is 51.3 Å². The Kier molecular flexibility index (Phi) is 12.2. The number of hydrogen-bond donors (Lipinski definition) is 1. The molecule has 1 aromatic carbocycles. The fourth-order valence-corrected chi connectivity index (χ4v) is 13.6. The number of esters is 3. The van der Waals surface area contributed by atoms with E-state index in [-0.39, 0.29) is 75.3 Å². The summed E-state index contributed by atoms with van der Waals surface area (Å²) >= 11 is 0.463. The standard InChI is InChI=1S/C47H67NO8Se/c1-11-54-38(50)15-13-29-12-14-34(53-9)35(26-29)55-41(52)44(5)22-21-43(4)23-24-46(7)30(31(43)28-44)27-33(49)39-45(6)19-17-37(56-40(51)32(48)18-25-57-10)42(2,3)36(45)16-20-47(39,46)8/h12-15,26-27,31-32,36-37,39H,11,16-25,28,48H2,1-10H3/b15-13+/t31-,32+,36+,37+,39-,43-,44+,45+,46-,47-/m1/s1. The van der Waals surface area contributed by atoms with Crippen LogP contribution in [-0.2, 0) is 28.7 Å². The fourth-order valence-electron chi connectivity index (χ4n) is 12.6. The van der Waals surface area contributed by atoms with Crippen LogP contribution in [0.3, 0.4) is 0 Å². The van der Waals surface area contributed by atoms with Crippen molar-refractivity contribution in [1.82, 2.24) is 0 Å². The van der Waals surface area contributed by atoms with E-state index in [1.165, 1.54) is 11.6 Å². The van der Waals surface area contributed by atoms with Gasteiger partial charge < -0.3 is 14.2 Å². The molecule has 0 amide bonds. The average Bonchev–Trinajstić information content (AvgIpc) is 3.15. The maximum atomic E-state index is 15.0. The molecule has 57 heavy (non-hydrogen) atoms. The summed E-state index contributed by atoms with van der Waals surface area (Å²) in [5, 5.41) is 0.959. The first kappa shape index (κ1) is 43.6. The summed E-state index contributed by atoms with van der Waals surface area (Å²) < 4.78 is 23.0. The minimum absolute atomic E-state index is 0.0336. The SMILES string of the molecule is CCOC(=O)/C=C/c1ccc(OC)c(OC(=O)[C@@]2(C)CC[C@]3(C)CC[C@]4(C)C(=CC(=O)[C@@H]5[C@@]6(C)CC[C@H](OC(=O)[C@@H](N)CC[Se]C)C(C)(C)[C@@H]6CC[C@]54C)[C@H]3C2)c1. The molecule has 5 aliphatic rings. The summed E-state index contributed by atoms with van der Waals surface area (Å²) in [5.41, 5.74) is 6.34. The van der Waals surface area contributed by atoms with E-state index < -0.39 is 17.4 Å². The van der Waals surface area contributed by atoms with Crippen LogP contribution >= 0.6 is 0 Å². The van der Waals surface area contributed by atoms with Crippen LogP contribution in [0.5, 0.6) is 11.5 Å². The Morgan fingerprint density at radius 3 is 2.37 bits per heavy atom. The molecule has 0 bridgehead atoms. The van der Waals surface area contributed by atoms with Gasteiger partial charge in [0.25, 0.3) is 0 Å². The van der Waals surface area contributed by atoms with Crippen molar-refractivity contribution in [3.05, 3.63) is 41.5 Å². The van der Waals surface area contributed by atoms with Crippen LogP contribution in [0.2, 0.25) is 11.1 Å². The van der Waals surface area contributed by atoms with Crippen molar-refractivity contribution in [2.75, 3.05) is 13.7 Å². The van der Waals surface area contributed by atoms with Gasteiger partial charge in [0.15, 0.2) is 11.5 Å². The summed E-state index contributed by atoms with van der Waals surface area (Å²) in [5.74, 6) is 2.19. The molecule has 314 valence electrons. The molecule has 4 fully saturated rings. The zero-order chi connectivity index (χ0) is 41.8. The predicted molar refractivity (Wildman–Crippen MR) is 223 cm³/mol. The van der Waals surface area contributed by atoms with Crippen LogP contribution in [0.25, 0.3) is 6.08 Å². The third kappa shape index (κ3) is 7.47. The van der Waals surface area contributed by atoms with Crippen molar-refractivity contribution < 1.29 is 38.1 Å². The van der Waals surface area contributed by atoms with Gasteiger partial charge in [-0.3, -0.25) is 4.79 Å². The Morgan fingerprint density at radius 1 is 0.965 bits per heavy atom. The second-order valence-corrected chi connectivity index (χ2v) is 21.9. The van der Waals surface area contributed by atoms with Gasteiger partial charge in [0.2, 0.25) is 0 Å². The minimum atomic E-state index is -0.782. The number of hydrogen-bond acceptors (Lipinski definition) is 9. The van der Waals surface area contributed by atoms with Gasteiger partial charge in [-0.2, -0.15) is 0 Å². The summed E-state index contributed by atoms with van der Waals surface area (Å²) in [6.45, 7) is 18.1. The number of methoxy groups -OCH3 is 1. The van der Waals surface area contributed by atoms with Gasteiger partial charge in [0, 0.05) is 6.08 Å². The molecule has 4 saturated carbocycles. The monoisotopic (exact) mass is 853 g/mol. The van der Waals surface area contributed by atoms with Crippen molar-refractivity contribution in [1.29, 1.82) is 0 Å². The van der Waals surface area contributed by atoms with Crippen molar-refractivity contribution in [2.24, 2.45) is 56.0 Å². The topological polar surface area (TPSA) is 131 Å². The number of nitrogens with two attached hydrogens (primary N) is 1. The van der Waals surface area contributed by atoms with E-state index in [4.69, 9.17) is 24.7 Å². The smallest absolute Gasteiger partial charge is 0.0301 e. The minimum Gasteiger partial charge on any atom is -0.0301 e. The number of allylic oxidation sites excluding steroid dienone is 2. The Hall–Kier alpha value is -2.94. The molecule has 0 unspecified atom stereocenters. The molecular formula is C47H67NO8Se. The molecule has 0 aliphatic heterocycles. The van der Waals surface area contributed by atoms with E-state index >= 15 is 0 Å². The first-order valence-corrected chi connectivity index (χ1v) is 24.1. The maximum absolute atomic E-state index is 15.0. The molecular weight excluding hydrogens is 785 g/mol. The number of ether oxygens (including phenoxy) is 4. The number of carbonyl (C=O) groups is 4. The van der Waals surface area contributed by atoms with Gasteiger partial charge in [-0.05, 0) is 81.1 Å². The van der Waals surface area contributed by atoms with Crippen LogP contribution in [0.4, 0.5) is 0 Å². The fraction of sp³-hybridized carbons (Fsp3) is 0.702. The Morgan fingerprint density at radius 2 is 1.68 bits per heavy atom. The molecule has 6 rings (SSSR count). The first-order valence-electron chi connectivity index (χ1n) is 21.2. The zero-order valence-electron chi connectivity index (χ0n) is 36.1. The van der Waals surface area contributed by atoms with E-state index in [9.17, 15) is 19.2 Å². The molecule has 2 N–H and O–H groups in total. The van der Waals surface area contributed by atoms with Gasteiger partial charge in [0.05, 0.1) is 19.1 Å². The van der Waals surface area contributed by atoms with Gasteiger partial charge in [-0.25, -0.2) is 4.79 Å². The van der Waals surface area contributed by atoms with Gasteiger partial charge >= 0.3 is 181 Å². The third-order valence-corrected chi connectivity index (χ3v) is 17.6. The van der Waals surface area contributed by atoms with Crippen molar-refractivity contribution >= 4 is 44.7 Å². The second kappa shape index (κ2) is 15.9. The molecule has 10 heteroatoms. The molecule has 0 radical (unpaired) electrons. The zero-order valence-corrected chi connectivity index (χ0v) is 37.8. The van der Waals surface area contributed by atoms with Crippen molar-refractivity contribution in [2.45, 2.75) is 143 Å². The molecule has 10 atom stereocenters. The van der Waals surface area contributed by atoms with E-state index in [2.05, 4.69) is 47.4 Å². The Bertz CT molecular complexity index is 1820. The molecule has 1 aromatic rings. The molecule has 0 saturated heterocycles. The van der Waals surface area contributed by atoms with E-state index in [1.54, 1.807) is 38.3 Å². The summed E-state index contributed by atoms with van der Waals surface area (Å²) in [4.78, 5) is 54.4. The first-order chi connectivity index (χ1) is 26.7. The van der Waals surface area contributed by atoms with Crippen LogP contribution < -0.4 is 15.2 Å². The average molecular weight is 853 g/mol.